The van der Waals surface area contributed by atoms with Crippen LogP contribution < -0.4 is 5.90 Å². The second kappa shape index (κ2) is 3.52. The van der Waals surface area contributed by atoms with Gasteiger partial charge >= 0.3 is 0 Å². The number of rotatable bonds is 3. The minimum Gasteiger partial charge on any atom is -0.378 e. The van der Waals surface area contributed by atoms with Gasteiger partial charge in [0.1, 0.15) is 0 Å². The first-order valence-electron chi connectivity index (χ1n) is 4.13. The molecule has 1 rings (SSSR count). The van der Waals surface area contributed by atoms with Crippen LogP contribution in [0.1, 0.15) is 33.1 Å². The Labute approximate surface area is 67.8 Å². The molecule has 0 bridgehead atoms. The van der Waals surface area contributed by atoms with Gasteiger partial charge in [-0.1, -0.05) is 0 Å². The lowest BCUT2D eigenvalue weighted by Gasteiger charge is -2.24. The highest BCUT2D eigenvalue weighted by Crippen LogP contribution is 2.23. The van der Waals surface area contributed by atoms with Crippen molar-refractivity contribution < 1.29 is 9.57 Å². The molecule has 3 heteroatoms. The third-order valence-electron chi connectivity index (χ3n) is 2.06. The van der Waals surface area contributed by atoms with Crippen LogP contribution in [0.2, 0.25) is 0 Å². The zero-order valence-electron chi connectivity index (χ0n) is 7.30. The largest absolute Gasteiger partial charge is 0.378 e. The summed E-state index contributed by atoms with van der Waals surface area (Å²) >= 11 is 0. The van der Waals surface area contributed by atoms with Crippen LogP contribution in [0.3, 0.4) is 0 Å². The van der Waals surface area contributed by atoms with Crippen LogP contribution in [0.4, 0.5) is 0 Å². The number of hydrogen-bond acceptors (Lipinski definition) is 3. The van der Waals surface area contributed by atoms with Crippen molar-refractivity contribution in [2.45, 2.75) is 44.8 Å². The Morgan fingerprint density at radius 3 is 2.82 bits per heavy atom. The van der Waals surface area contributed by atoms with Crippen molar-refractivity contribution in [1.29, 1.82) is 0 Å². The van der Waals surface area contributed by atoms with Gasteiger partial charge in [-0.25, -0.2) is 5.90 Å². The van der Waals surface area contributed by atoms with Crippen molar-refractivity contribution >= 4 is 0 Å². The van der Waals surface area contributed by atoms with Gasteiger partial charge in [-0.3, -0.25) is 4.84 Å². The van der Waals surface area contributed by atoms with E-state index in [-0.39, 0.29) is 5.60 Å². The molecule has 0 saturated carbocycles. The molecule has 1 atom stereocenters. The number of ether oxygens (including phenoxy) is 1. The fraction of sp³-hybridized carbons (Fsp3) is 1.00. The summed E-state index contributed by atoms with van der Waals surface area (Å²) < 4.78 is 5.46. The number of hydrogen-bond donors (Lipinski definition) is 1. The molecular formula is C8H17NO2. The summed E-state index contributed by atoms with van der Waals surface area (Å²) in [6.45, 7) is 4.86. The summed E-state index contributed by atoms with van der Waals surface area (Å²) in [5.74, 6) is 5.13. The van der Waals surface area contributed by atoms with E-state index in [9.17, 15) is 0 Å². The van der Waals surface area contributed by atoms with Gasteiger partial charge in [0.25, 0.3) is 0 Å². The average Bonchev–Trinajstić information content (AvgIpc) is 2.39. The molecule has 1 fully saturated rings. The van der Waals surface area contributed by atoms with Crippen LogP contribution in [0.5, 0.6) is 0 Å². The summed E-state index contributed by atoms with van der Waals surface area (Å²) in [5.41, 5.74) is -0.241. The summed E-state index contributed by atoms with van der Waals surface area (Å²) in [6, 6.07) is 0. The zero-order valence-corrected chi connectivity index (χ0v) is 7.30. The summed E-state index contributed by atoms with van der Waals surface area (Å²) in [5, 5.41) is 0. The lowest BCUT2D eigenvalue weighted by Crippen LogP contribution is -2.32. The maximum Gasteiger partial charge on any atom is 0.0862 e. The van der Waals surface area contributed by atoms with Crippen molar-refractivity contribution in [2.24, 2.45) is 5.90 Å². The molecule has 0 amide bonds. The molecule has 3 nitrogen and oxygen atoms in total. The Bertz CT molecular complexity index is 119. The molecular weight excluding hydrogens is 142 g/mol. The maximum atomic E-state index is 5.46. The van der Waals surface area contributed by atoms with E-state index in [1.165, 1.54) is 6.42 Å². The van der Waals surface area contributed by atoms with Crippen molar-refractivity contribution in [2.75, 3.05) is 6.61 Å². The quantitative estimate of drug-likeness (QED) is 0.630. The molecule has 0 aromatic rings. The molecule has 1 aliphatic heterocycles. The molecule has 1 unspecified atom stereocenters. The van der Waals surface area contributed by atoms with Gasteiger partial charge in [-0.15, -0.1) is 0 Å². The van der Waals surface area contributed by atoms with Crippen LogP contribution in [0.25, 0.3) is 0 Å². The van der Waals surface area contributed by atoms with Gasteiger partial charge in [-0.05, 0) is 26.7 Å². The van der Waals surface area contributed by atoms with E-state index < -0.39 is 0 Å². The van der Waals surface area contributed by atoms with Crippen molar-refractivity contribution in [3.8, 4) is 0 Å². The first-order chi connectivity index (χ1) is 5.14. The van der Waals surface area contributed by atoms with E-state index in [2.05, 4.69) is 0 Å². The highest BCUT2D eigenvalue weighted by molar-refractivity contribution is 4.76. The second-order valence-electron chi connectivity index (χ2n) is 3.72. The van der Waals surface area contributed by atoms with Gasteiger partial charge in [0, 0.05) is 13.0 Å². The molecule has 11 heavy (non-hydrogen) atoms. The second-order valence-corrected chi connectivity index (χ2v) is 3.72. The first kappa shape index (κ1) is 8.97. The molecule has 0 aromatic carbocycles. The summed E-state index contributed by atoms with van der Waals surface area (Å²) in [7, 11) is 0. The predicted octanol–water partition coefficient (Wildman–Crippen LogP) is 1.22. The normalized spacial score (nSPS) is 25.9. The van der Waals surface area contributed by atoms with Crippen molar-refractivity contribution in [3.63, 3.8) is 0 Å². The zero-order chi connectivity index (χ0) is 8.32. The van der Waals surface area contributed by atoms with E-state index in [0.29, 0.717) is 6.10 Å². The summed E-state index contributed by atoms with van der Waals surface area (Å²) in [4.78, 5) is 4.82. The standard InChI is InChI=1S/C8H17NO2/c1-8(2,11-9)6-7-4-3-5-10-7/h7H,3-6,9H2,1-2H3. The van der Waals surface area contributed by atoms with E-state index in [0.717, 1.165) is 19.4 Å². The molecule has 0 aliphatic carbocycles. The predicted molar refractivity (Wildman–Crippen MR) is 42.9 cm³/mol. The minimum absolute atomic E-state index is 0.241. The molecule has 2 N–H and O–H groups in total. The van der Waals surface area contributed by atoms with Crippen LogP contribution in [0.15, 0.2) is 0 Å². The lowest BCUT2D eigenvalue weighted by molar-refractivity contribution is -0.0556. The van der Waals surface area contributed by atoms with E-state index in [1.807, 2.05) is 13.8 Å². The fourth-order valence-corrected chi connectivity index (χ4v) is 1.40. The van der Waals surface area contributed by atoms with Crippen molar-refractivity contribution in [3.05, 3.63) is 0 Å². The van der Waals surface area contributed by atoms with E-state index in [1.54, 1.807) is 0 Å². The first-order valence-corrected chi connectivity index (χ1v) is 4.13. The molecule has 1 aliphatic rings. The number of nitrogens with two attached hydrogens (primary N) is 1. The Morgan fingerprint density at radius 1 is 1.64 bits per heavy atom. The van der Waals surface area contributed by atoms with Gasteiger partial charge in [0.2, 0.25) is 0 Å². The Morgan fingerprint density at radius 2 is 2.36 bits per heavy atom. The molecule has 66 valence electrons. The third-order valence-corrected chi connectivity index (χ3v) is 2.06. The van der Waals surface area contributed by atoms with Gasteiger partial charge < -0.3 is 4.74 Å². The third kappa shape index (κ3) is 2.77. The maximum absolute atomic E-state index is 5.46. The highest BCUT2D eigenvalue weighted by Gasteiger charge is 2.26. The monoisotopic (exact) mass is 159 g/mol. The van der Waals surface area contributed by atoms with Crippen molar-refractivity contribution in [1.82, 2.24) is 0 Å². The van der Waals surface area contributed by atoms with Crippen LogP contribution >= 0.6 is 0 Å². The topological polar surface area (TPSA) is 44.5 Å². The Balaban J connectivity index is 2.28. The average molecular weight is 159 g/mol. The van der Waals surface area contributed by atoms with Gasteiger partial charge in [0.05, 0.1) is 11.7 Å². The molecule has 1 heterocycles. The molecule has 1 saturated heterocycles. The minimum atomic E-state index is -0.241. The fourth-order valence-electron chi connectivity index (χ4n) is 1.40. The van der Waals surface area contributed by atoms with Crippen LogP contribution in [-0.2, 0) is 9.57 Å². The molecule has 0 radical (unpaired) electrons. The highest BCUT2D eigenvalue weighted by atomic mass is 16.6. The SMILES string of the molecule is CC(C)(CC1CCCO1)ON. The molecule has 0 aromatic heterocycles. The van der Waals surface area contributed by atoms with Gasteiger partial charge in [-0.2, -0.15) is 0 Å². The van der Waals surface area contributed by atoms with E-state index in [4.69, 9.17) is 15.5 Å². The Hall–Kier alpha value is -0.120. The van der Waals surface area contributed by atoms with Crippen LogP contribution in [0, 0.1) is 0 Å². The van der Waals surface area contributed by atoms with E-state index >= 15 is 0 Å². The smallest absolute Gasteiger partial charge is 0.0862 e. The van der Waals surface area contributed by atoms with Crippen LogP contribution in [-0.4, -0.2) is 18.3 Å². The lowest BCUT2D eigenvalue weighted by atomic mass is 9.99. The summed E-state index contributed by atoms with van der Waals surface area (Å²) in [6.07, 6.45) is 3.57. The molecule has 0 spiro atoms. The Kier molecular flexibility index (Phi) is 2.87. The van der Waals surface area contributed by atoms with Gasteiger partial charge in [0.15, 0.2) is 0 Å².